The third kappa shape index (κ3) is 2.30. The Hall–Kier alpha value is -2.03. The molecule has 0 amide bonds. The summed E-state index contributed by atoms with van der Waals surface area (Å²) in [7, 11) is 1.64. The zero-order valence-electron chi connectivity index (χ0n) is 10.5. The van der Waals surface area contributed by atoms with Gasteiger partial charge in [-0.3, -0.25) is 4.79 Å². The van der Waals surface area contributed by atoms with Crippen LogP contribution in [0.25, 0.3) is 10.8 Å². The van der Waals surface area contributed by atoms with E-state index in [9.17, 15) is 4.79 Å². The highest BCUT2D eigenvalue weighted by atomic mass is 16.5. The van der Waals surface area contributed by atoms with Gasteiger partial charge in [-0.1, -0.05) is 37.3 Å². The number of fused-ring (bicyclic) bond motifs is 1. The van der Waals surface area contributed by atoms with Gasteiger partial charge in [0, 0.05) is 5.39 Å². The maximum Gasteiger partial charge on any atom is 0.306 e. The van der Waals surface area contributed by atoms with E-state index in [0.29, 0.717) is 6.42 Å². The van der Waals surface area contributed by atoms with E-state index in [1.165, 1.54) is 0 Å². The Bertz CT molecular complexity index is 575. The first-order valence-electron chi connectivity index (χ1n) is 5.91. The number of hydrogen-bond donors (Lipinski definition) is 1. The summed E-state index contributed by atoms with van der Waals surface area (Å²) in [5.74, 6) is -0.339. The van der Waals surface area contributed by atoms with Gasteiger partial charge in [-0.2, -0.15) is 0 Å². The Kier molecular flexibility index (Phi) is 3.51. The highest BCUT2D eigenvalue weighted by Crippen LogP contribution is 2.29. The molecule has 18 heavy (non-hydrogen) atoms. The molecule has 0 aliphatic rings. The lowest BCUT2D eigenvalue weighted by molar-refractivity contribution is -0.141. The summed E-state index contributed by atoms with van der Waals surface area (Å²) in [6, 6.07) is 11.7. The topological polar surface area (TPSA) is 46.5 Å². The molecular formula is C15H16O3. The van der Waals surface area contributed by atoms with Crippen molar-refractivity contribution in [1.82, 2.24) is 0 Å². The van der Waals surface area contributed by atoms with Crippen molar-refractivity contribution in [3.8, 4) is 5.75 Å². The first-order chi connectivity index (χ1) is 8.63. The van der Waals surface area contributed by atoms with Crippen LogP contribution in [0.3, 0.4) is 0 Å². The quantitative estimate of drug-likeness (QED) is 0.898. The molecule has 94 valence electrons. The van der Waals surface area contributed by atoms with Crippen molar-refractivity contribution in [3.05, 3.63) is 42.0 Å². The van der Waals surface area contributed by atoms with Gasteiger partial charge in [0.15, 0.2) is 0 Å². The highest BCUT2D eigenvalue weighted by molar-refractivity contribution is 5.91. The Labute approximate surface area is 106 Å². The molecule has 0 spiro atoms. The maximum absolute atomic E-state index is 10.9. The van der Waals surface area contributed by atoms with Crippen LogP contribution >= 0.6 is 0 Å². The average molecular weight is 244 g/mol. The van der Waals surface area contributed by atoms with E-state index in [4.69, 9.17) is 9.84 Å². The van der Waals surface area contributed by atoms with Gasteiger partial charge < -0.3 is 9.84 Å². The van der Waals surface area contributed by atoms with Crippen molar-refractivity contribution in [2.75, 3.05) is 7.11 Å². The molecule has 2 aromatic rings. The maximum atomic E-state index is 10.9. The predicted molar refractivity (Wildman–Crippen MR) is 71.0 cm³/mol. The van der Waals surface area contributed by atoms with Crippen LogP contribution in [0.2, 0.25) is 0 Å². The second-order valence-electron chi connectivity index (χ2n) is 4.42. The molecule has 2 rings (SSSR count). The van der Waals surface area contributed by atoms with E-state index in [0.717, 1.165) is 22.1 Å². The van der Waals surface area contributed by atoms with Gasteiger partial charge in [-0.25, -0.2) is 0 Å². The Balaban J connectivity index is 2.49. The van der Waals surface area contributed by atoms with Crippen molar-refractivity contribution in [1.29, 1.82) is 0 Å². The minimum absolute atomic E-state index is 0.387. The number of carboxylic acids is 1. The lowest BCUT2D eigenvalue weighted by atomic mass is 9.95. The molecule has 0 unspecified atom stereocenters. The molecule has 0 heterocycles. The standard InChI is InChI=1S/C15H16O3/c1-10(15(16)17)9-11-7-8-14(18-2)13-6-4-3-5-12(11)13/h3-8,10H,9H2,1-2H3,(H,16,17)/t10-/m0/s1. The van der Waals surface area contributed by atoms with Crippen LogP contribution in [0.1, 0.15) is 12.5 Å². The lowest BCUT2D eigenvalue weighted by Crippen LogP contribution is -2.12. The monoisotopic (exact) mass is 244 g/mol. The summed E-state index contributed by atoms with van der Waals surface area (Å²) in [5.41, 5.74) is 1.04. The van der Waals surface area contributed by atoms with Crippen molar-refractivity contribution in [2.24, 2.45) is 5.92 Å². The zero-order chi connectivity index (χ0) is 13.1. The molecule has 0 radical (unpaired) electrons. The van der Waals surface area contributed by atoms with Gasteiger partial charge in [0.25, 0.3) is 0 Å². The fourth-order valence-corrected chi connectivity index (χ4v) is 2.11. The minimum Gasteiger partial charge on any atom is -0.496 e. The summed E-state index contributed by atoms with van der Waals surface area (Å²) in [6.07, 6.45) is 0.528. The fourth-order valence-electron chi connectivity index (χ4n) is 2.11. The Morgan fingerprint density at radius 2 is 1.89 bits per heavy atom. The van der Waals surface area contributed by atoms with E-state index < -0.39 is 5.97 Å². The van der Waals surface area contributed by atoms with Crippen molar-refractivity contribution < 1.29 is 14.6 Å². The van der Waals surface area contributed by atoms with Gasteiger partial charge in [0.2, 0.25) is 0 Å². The number of hydrogen-bond acceptors (Lipinski definition) is 2. The summed E-state index contributed by atoms with van der Waals surface area (Å²) < 4.78 is 5.32. The van der Waals surface area contributed by atoms with Crippen molar-refractivity contribution in [2.45, 2.75) is 13.3 Å². The molecule has 1 atom stereocenters. The molecule has 0 aliphatic heterocycles. The third-order valence-electron chi connectivity index (χ3n) is 3.14. The molecular weight excluding hydrogens is 228 g/mol. The van der Waals surface area contributed by atoms with Crippen LogP contribution in [0.4, 0.5) is 0 Å². The van der Waals surface area contributed by atoms with Crippen LogP contribution in [0, 0.1) is 5.92 Å². The molecule has 2 aromatic carbocycles. The smallest absolute Gasteiger partial charge is 0.306 e. The summed E-state index contributed by atoms with van der Waals surface area (Å²) >= 11 is 0. The first-order valence-corrected chi connectivity index (χ1v) is 5.91. The van der Waals surface area contributed by atoms with Crippen LogP contribution in [-0.4, -0.2) is 18.2 Å². The second kappa shape index (κ2) is 5.08. The molecule has 0 saturated carbocycles. The van der Waals surface area contributed by atoms with E-state index in [-0.39, 0.29) is 5.92 Å². The third-order valence-corrected chi connectivity index (χ3v) is 3.14. The summed E-state index contributed by atoms with van der Waals surface area (Å²) in [4.78, 5) is 10.9. The average Bonchev–Trinajstić information content (AvgIpc) is 2.39. The zero-order valence-corrected chi connectivity index (χ0v) is 10.5. The van der Waals surface area contributed by atoms with Gasteiger partial charge >= 0.3 is 5.97 Å². The predicted octanol–water partition coefficient (Wildman–Crippen LogP) is 3.11. The lowest BCUT2D eigenvalue weighted by Gasteiger charge is -2.12. The van der Waals surface area contributed by atoms with E-state index >= 15 is 0 Å². The number of carboxylic acid groups (broad SMARTS) is 1. The second-order valence-corrected chi connectivity index (χ2v) is 4.42. The minimum atomic E-state index is -0.769. The Morgan fingerprint density at radius 1 is 1.22 bits per heavy atom. The van der Waals surface area contributed by atoms with Crippen LogP contribution in [0.15, 0.2) is 36.4 Å². The molecule has 0 saturated heterocycles. The van der Waals surface area contributed by atoms with Crippen molar-refractivity contribution in [3.63, 3.8) is 0 Å². The van der Waals surface area contributed by atoms with Crippen LogP contribution < -0.4 is 4.74 Å². The molecule has 3 nitrogen and oxygen atoms in total. The number of carbonyl (C=O) groups is 1. The SMILES string of the molecule is COc1ccc(C[C@H](C)C(=O)O)c2ccccc12. The number of rotatable bonds is 4. The number of ether oxygens (including phenoxy) is 1. The van der Waals surface area contributed by atoms with E-state index in [2.05, 4.69) is 0 Å². The Morgan fingerprint density at radius 3 is 2.50 bits per heavy atom. The number of aliphatic carboxylic acids is 1. The van der Waals surface area contributed by atoms with Gasteiger partial charge in [0.1, 0.15) is 5.75 Å². The van der Waals surface area contributed by atoms with E-state index in [1.54, 1.807) is 14.0 Å². The summed E-state index contributed by atoms with van der Waals surface area (Å²) in [6.45, 7) is 1.72. The molecule has 0 bridgehead atoms. The molecule has 1 N–H and O–H groups in total. The van der Waals surface area contributed by atoms with Gasteiger partial charge in [0.05, 0.1) is 13.0 Å². The van der Waals surface area contributed by atoms with Crippen LogP contribution in [0.5, 0.6) is 5.75 Å². The normalized spacial score (nSPS) is 12.3. The molecule has 0 aromatic heterocycles. The first kappa shape index (κ1) is 12.4. The van der Waals surface area contributed by atoms with Gasteiger partial charge in [-0.15, -0.1) is 0 Å². The van der Waals surface area contributed by atoms with E-state index in [1.807, 2.05) is 36.4 Å². The fraction of sp³-hybridized carbons (Fsp3) is 0.267. The number of benzene rings is 2. The largest absolute Gasteiger partial charge is 0.496 e. The molecule has 0 aliphatic carbocycles. The summed E-state index contributed by atoms with van der Waals surface area (Å²) in [5, 5.41) is 11.1. The number of methoxy groups -OCH3 is 1. The highest BCUT2D eigenvalue weighted by Gasteiger charge is 2.14. The van der Waals surface area contributed by atoms with Crippen LogP contribution in [-0.2, 0) is 11.2 Å². The molecule has 3 heteroatoms. The molecule has 0 fully saturated rings. The van der Waals surface area contributed by atoms with Gasteiger partial charge in [-0.05, 0) is 23.4 Å². The van der Waals surface area contributed by atoms with Crippen molar-refractivity contribution >= 4 is 16.7 Å².